The van der Waals surface area contributed by atoms with Crippen LogP contribution in [0.5, 0.6) is 0 Å². The van der Waals surface area contributed by atoms with Crippen molar-refractivity contribution in [3.63, 3.8) is 0 Å². The van der Waals surface area contributed by atoms with Crippen LogP contribution < -0.4 is 0 Å². The van der Waals surface area contributed by atoms with E-state index in [9.17, 15) is 9.59 Å². The highest BCUT2D eigenvalue weighted by Crippen LogP contribution is 2.19. The summed E-state index contributed by atoms with van der Waals surface area (Å²) >= 11 is 0. The zero-order valence-corrected chi connectivity index (χ0v) is 13.2. The SMILES string of the molecule is CCOC(=O)CN(CC)C(=O)[C@@H](C)n1cnc2ccccc21. The van der Waals surface area contributed by atoms with E-state index in [0.717, 1.165) is 11.0 Å². The van der Waals surface area contributed by atoms with Crippen molar-refractivity contribution in [2.24, 2.45) is 0 Å². The first-order chi connectivity index (χ1) is 10.6. The first-order valence-corrected chi connectivity index (χ1v) is 7.44. The number of hydrogen-bond acceptors (Lipinski definition) is 4. The van der Waals surface area contributed by atoms with E-state index in [1.165, 1.54) is 4.90 Å². The molecule has 0 N–H and O–H groups in total. The molecule has 1 heterocycles. The predicted molar refractivity (Wildman–Crippen MR) is 83.3 cm³/mol. The van der Waals surface area contributed by atoms with Gasteiger partial charge in [0.1, 0.15) is 12.6 Å². The van der Waals surface area contributed by atoms with E-state index in [2.05, 4.69) is 4.98 Å². The van der Waals surface area contributed by atoms with Gasteiger partial charge in [-0.2, -0.15) is 0 Å². The first kappa shape index (κ1) is 16.0. The third kappa shape index (κ3) is 3.27. The average molecular weight is 303 g/mol. The molecule has 118 valence electrons. The van der Waals surface area contributed by atoms with E-state index < -0.39 is 6.04 Å². The van der Waals surface area contributed by atoms with Crippen molar-refractivity contribution in [3.05, 3.63) is 30.6 Å². The molecule has 0 aliphatic carbocycles. The van der Waals surface area contributed by atoms with E-state index in [4.69, 9.17) is 4.74 Å². The monoisotopic (exact) mass is 303 g/mol. The molecule has 0 aliphatic rings. The van der Waals surface area contributed by atoms with Crippen molar-refractivity contribution >= 4 is 22.9 Å². The lowest BCUT2D eigenvalue weighted by atomic mass is 10.2. The summed E-state index contributed by atoms with van der Waals surface area (Å²) in [7, 11) is 0. The lowest BCUT2D eigenvalue weighted by Crippen LogP contribution is -2.40. The molecule has 0 radical (unpaired) electrons. The van der Waals surface area contributed by atoms with Gasteiger partial charge in [-0.05, 0) is 32.9 Å². The molecule has 1 amide bonds. The van der Waals surface area contributed by atoms with E-state index in [1.807, 2.05) is 42.7 Å². The summed E-state index contributed by atoms with van der Waals surface area (Å²) in [6, 6.07) is 7.22. The number of hydrogen-bond donors (Lipinski definition) is 0. The fraction of sp³-hybridized carbons (Fsp3) is 0.438. The van der Waals surface area contributed by atoms with Gasteiger partial charge in [0.05, 0.1) is 24.0 Å². The molecule has 2 aromatic rings. The van der Waals surface area contributed by atoms with Gasteiger partial charge in [0.25, 0.3) is 0 Å². The lowest BCUT2D eigenvalue weighted by molar-refractivity contribution is -0.149. The molecule has 2 rings (SSSR count). The van der Waals surface area contributed by atoms with E-state index in [0.29, 0.717) is 13.2 Å². The Balaban J connectivity index is 2.18. The van der Waals surface area contributed by atoms with Crippen molar-refractivity contribution in [3.8, 4) is 0 Å². The molecule has 0 spiro atoms. The smallest absolute Gasteiger partial charge is 0.325 e. The number of imidazole rings is 1. The Morgan fingerprint density at radius 3 is 2.73 bits per heavy atom. The summed E-state index contributed by atoms with van der Waals surface area (Å²) < 4.78 is 6.74. The maximum absolute atomic E-state index is 12.6. The molecule has 0 saturated carbocycles. The number of nitrogens with zero attached hydrogens (tertiary/aromatic N) is 3. The van der Waals surface area contributed by atoms with Gasteiger partial charge >= 0.3 is 5.97 Å². The lowest BCUT2D eigenvalue weighted by Gasteiger charge is -2.24. The number of ether oxygens (including phenoxy) is 1. The van der Waals surface area contributed by atoms with Gasteiger partial charge in [-0.25, -0.2) is 4.98 Å². The Labute approximate surface area is 129 Å². The largest absolute Gasteiger partial charge is 0.465 e. The Morgan fingerprint density at radius 2 is 2.05 bits per heavy atom. The summed E-state index contributed by atoms with van der Waals surface area (Å²) in [4.78, 5) is 30.0. The predicted octanol–water partition coefficient (Wildman–Crippen LogP) is 2.01. The highest BCUT2D eigenvalue weighted by Gasteiger charge is 2.24. The molecule has 22 heavy (non-hydrogen) atoms. The summed E-state index contributed by atoms with van der Waals surface area (Å²) in [6.45, 7) is 6.14. The summed E-state index contributed by atoms with van der Waals surface area (Å²) in [6.07, 6.45) is 1.66. The second kappa shape index (κ2) is 7.06. The van der Waals surface area contributed by atoms with Crippen LogP contribution in [-0.4, -0.2) is 46.0 Å². The van der Waals surface area contributed by atoms with Crippen LogP contribution in [0, 0.1) is 0 Å². The molecule has 6 heteroatoms. The van der Waals surface area contributed by atoms with Crippen molar-refractivity contribution in [2.45, 2.75) is 26.8 Å². The van der Waals surface area contributed by atoms with Gasteiger partial charge in [-0.15, -0.1) is 0 Å². The van der Waals surface area contributed by atoms with E-state index >= 15 is 0 Å². The summed E-state index contributed by atoms with van der Waals surface area (Å²) in [5.74, 6) is -0.515. The Bertz CT molecular complexity index is 665. The van der Waals surface area contributed by atoms with Crippen LogP contribution in [0.15, 0.2) is 30.6 Å². The Morgan fingerprint density at radius 1 is 1.32 bits per heavy atom. The third-order valence-electron chi connectivity index (χ3n) is 3.57. The number of amides is 1. The van der Waals surface area contributed by atoms with Crippen LogP contribution in [0.1, 0.15) is 26.8 Å². The van der Waals surface area contributed by atoms with Crippen LogP contribution in [-0.2, 0) is 14.3 Å². The minimum absolute atomic E-state index is 0.0276. The average Bonchev–Trinajstić information content (AvgIpc) is 2.95. The fourth-order valence-corrected chi connectivity index (χ4v) is 2.38. The van der Waals surface area contributed by atoms with Crippen LogP contribution >= 0.6 is 0 Å². The molecular formula is C16H21N3O3. The molecule has 0 fully saturated rings. The second-order valence-corrected chi connectivity index (χ2v) is 4.97. The molecule has 0 unspecified atom stereocenters. The van der Waals surface area contributed by atoms with E-state index in [-0.39, 0.29) is 18.4 Å². The molecule has 0 aliphatic heterocycles. The van der Waals surface area contributed by atoms with Gasteiger partial charge in [0.15, 0.2) is 0 Å². The normalized spacial score (nSPS) is 12.1. The summed E-state index contributed by atoms with van der Waals surface area (Å²) in [5, 5.41) is 0. The van der Waals surface area contributed by atoms with Crippen LogP contribution in [0.25, 0.3) is 11.0 Å². The van der Waals surface area contributed by atoms with Crippen molar-refractivity contribution in [1.29, 1.82) is 0 Å². The number of para-hydroxylation sites is 2. The Hall–Kier alpha value is -2.37. The number of benzene rings is 1. The fourth-order valence-electron chi connectivity index (χ4n) is 2.38. The van der Waals surface area contributed by atoms with Gasteiger partial charge in [-0.3, -0.25) is 9.59 Å². The van der Waals surface area contributed by atoms with Gasteiger partial charge in [0, 0.05) is 6.54 Å². The molecule has 1 aromatic heterocycles. The van der Waals surface area contributed by atoms with Gasteiger partial charge < -0.3 is 14.2 Å². The standard InChI is InChI=1S/C16H21N3O3/c1-4-18(10-15(20)22-5-2)16(21)12(3)19-11-17-13-8-6-7-9-14(13)19/h6-9,11-12H,4-5,10H2,1-3H3/t12-/m1/s1. The number of carbonyl (C=O) groups excluding carboxylic acids is 2. The second-order valence-electron chi connectivity index (χ2n) is 4.97. The van der Waals surface area contributed by atoms with Crippen molar-refractivity contribution < 1.29 is 14.3 Å². The van der Waals surface area contributed by atoms with Crippen LogP contribution in [0.3, 0.4) is 0 Å². The maximum Gasteiger partial charge on any atom is 0.325 e. The molecule has 1 atom stereocenters. The zero-order valence-electron chi connectivity index (χ0n) is 13.2. The molecule has 0 saturated heterocycles. The zero-order chi connectivity index (χ0) is 16.1. The molecule has 1 aromatic carbocycles. The number of carbonyl (C=O) groups is 2. The van der Waals surface area contributed by atoms with Crippen LogP contribution in [0.2, 0.25) is 0 Å². The topological polar surface area (TPSA) is 64.4 Å². The number of rotatable bonds is 6. The number of esters is 1. The summed E-state index contributed by atoms with van der Waals surface area (Å²) in [5.41, 5.74) is 1.74. The quantitative estimate of drug-likeness (QED) is 0.766. The number of likely N-dealkylation sites (N-methyl/N-ethyl adjacent to an activating group) is 1. The van der Waals surface area contributed by atoms with Crippen molar-refractivity contribution in [1.82, 2.24) is 14.5 Å². The molecule has 0 bridgehead atoms. The first-order valence-electron chi connectivity index (χ1n) is 7.44. The maximum atomic E-state index is 12.6. The minimum Gasteiger partial charge on any atom is -0.465 e. The van der Waals surface area contributed by atoms with Gasteiger partial charge in [0.2, 0.25) is 5.91 Å². The number of aromatic nitrogens is 2. The van der Waals surface area contributed by atoms with Crippen LogP contribution in [0.4, 0.5) is 0 Å². The van der Waals surface area contributed by atoms with E-state index in [1.54, 1.807) is 13.3 Å². The minimum atomic E-state index is -0.429. The molecule has 6 nitrogen and oxygen atoms in total. The van der Waals surface area contributed by atoms with Crippen molar-refractivity contribution in [2.75, 3.05) is 19.7 Å². The Kier molecular flexibility index (Phi) is 5.14. The highest BCUT2D eigenvalue weighted by molar-refractivity contribution is 5.86. The highest BCUT2D eigenvalue weighted by atomic mass is 16.5. The van der Waals surface area contributed by atoms with Gasteiger partial charge in [-0.1, -0.05) is 12.1 Å². The molecular weight excluding hydrogens is 282 g/mol. The third-order valence-corrected chi connectivity index (χ3v) is 3.57. The number of fused-ring (bicyclic) bond motifs is 1.